The summed E-state index contributed by atoms with van der Waals surface area (Å²) in [5, 5.41) is 6.24. The molecule has 31 heavy (non-hydrogen) atoms. The molecule has 1 aromatic heterocycles. The number of allylic oxidation sites excluding steroid dienone is 1. The van der Waals surface area contributed by atoms with Crippen LogP contribution in [0.1, 0.15) is 45.7 Å². The number of nitrogens with one attached hydrogen (secondary N) is 2. The number of anilines is 1. The number of pyridine rings is 1. The second-order valence-corrected chi connectivity index (χ2v) is 7.85. The lowest BCUT2D eigenvalue weighted by Crippen LogP contribution is -2.28. The van der Waals surface area contributed by atoms with Gasteiger partial charge >= 0.3 is 0 Å². The molecule has 1 aliphatic rings. The Morgan fingerprint density at radius 3 is 2.39 bits per heavy atom. The van der Waals surface area contributed by atoms with E-state index in [1.165, 1.54) is 0 Å². The molecule has 2 N–H and O–H groups in total. The number of fused-ring (bicyclic) bond motifs is 1. The molecule has 2 heterocycles. The molecule has 0 saturated carbocycles. The molecule has 4 rings (SSSR count). The maximum absolute atomic E-state index is 12.9. The van der Waals surface area contributed by atoms with E-state index in [1.807, 2.05) is 18.2 Å². The minimum absolute atomic E-state index is 0.124. The first-order chi connectivity index (χ1) is 14.9. The molecule has 0 saturated heterocycles. The van der Waals surface area contributed by atoms with E-state index in [4.69, 9.17) is 4.74 Å². The molecular formula is C25H23N3O3. The average Bonchev–Trinajstić information content (AvgIpc) is 3.03. The summed E-state index contributed by atoms with van der Waals surface area (Å²) in [5.74, 6) is 0.387. The van der Waals surface area contributed by atoms with Crippen LogP contribution in [-0.4, -0.2) is 23.8 Å². The van der Waals surface area contributed by atoms with E-state index in [-0.39, 0.29) is 17.2 Å². The van der Waals surface area contributed by atoms with Crippen molar-refractivity contribution in [3.8, 4) is 5.75 Å². The van der Waals surface area contributed by atoms with Crippen LogP contribution in [0.4, 0.5) is 5.69 Å². The summed E-state index contributed by atoms with van der Waals surface area (Å²) in [6, 6.07) is 16.0. The molecular weight excluding hydrogens is 390 g/mol. The van der Waals surface area contributed by atoms with Crippen LogP contribution in [-0.2, 0) is 5.54 Å². The molecule has 0 spiro atoms. The largest absolute Gasteiger partial charge is 0.497 e. The van der Waals surface area contributed by atoms with Gasteiger partial charge in [-0.05, 0) is 67.9 Å². The quantitative estimate of drug-likeness (QED) is 0.479. The van der Waals surface area contributed by atoms with E-state index < -0.39 is 0 Å². The Morgan fingerprint density at radius 2 is 1.71 bits per heavy atom. The van der Waals surface area contributed by atoms with Crippen molar-refractivity contribution in [2.75, 3.05) is 12.4 Å². The molecule has 156 valence electrons. The minimum Gasteiger partial charge on any atom is -0.497 e. The van der Waals surface area contributed by atoms with E-state index in [9.17, 15) is 9.59 Å². The maximum atomic E-state index is 12.9. The Morgan fingerprint density at radius 1 is 1.00 bits per heavy atom. The Bertz CT molecular complexity index is 1170. The summed E-state index contributed by atoms with van der Waals surface area (Å²) >= 11 is 0. The maximum Gasteiger partial charge on any atom is 0.255 e. The van der Waals surface area contributed by atoms with Gasteiger partial charge in [-0.25, -0.2) is 0 Å². The number of aromatic nitrogens is 1. The van der Waals surface area contributed by atoms with Crippen LogP contribution in [0.25, 0.3) is 5.70 Å². The van der Waals surface area contributed by atoms with Crippen LogP contribution < -0.4 is 15.4 Å². The summed E-state index contributed by atoms with van der Waals surface area (Å²) < 4.78 is 5.34. The van der Waals surface area contributed by atoms with E-state index in [0.29, 0.717) is 16.8 Å². The third kappa shape index (κ3) is 4.19. The predicted octanol–water partition coefficient (Wildman–Crippen LogP) is 4.40. The molecule has 6 heteroatoms. The molecule has 0 bridgehead atoms. The van der Waals surface area contributed by atoms with Crippen molar-refractivity contribution < 1.29 is 14.3 Å². The van der Waals surface area contributed by atoms with E-state index in [1.54, 1.807) is 62.0 Å². The number of hydrogen-bond donors (Lipinski definition) is 2. The number of hydrogen-bond acceptors (Lipinski definition) is 5. The van der Waals surface area contributed by atoms with Crippen molar-refractivity contribution in [2.45, 2.75) is 19.4 Å². The van der Waals surface area contributed by atoms with Gasteiger partial charge in [-0.1, -0.05) is 6.07 Å². The molecule has 0 atom stereocenters. The highest BCUT2D eigenvalue weighted by atomic mass is 16.5. The van der Waals surface area contributed by atoms with Gasteiger partial charge in [0.15, 0.2) is 5.78 Å². The van der Waals surface area contributed by atoms with Crippen molar-refractivity contribution >= 4 is 23.1 Å². The SMILES string of the molecule is COc1ccc2c(c1)/C(=C/C(=O)c1ccc(NC(=O)c3ccncc3)cc1)NC2(C)C. The van der Waals surface area contributed by atoms with Gasteiger partial charge < -0.3 is 15.4 Å². The van der Waals surface area contributed by atoms with Crippen LogP contribution >= 0.6 is 0 Å². The van der Waals surface area contributed by atoms with Crippen molar-refractivity contribution in [1.29, 1.82) is 0 Å². The molecule has 0 unspecified atom stereocenters. The van der Waals surface area contributed by atoms with Gasteiger partial charge in [0.1, 0.15) is 5.75 Å². The normalized spacial score (nSPS) is 15.1. The third-order valence-corrected chi connectivity index (χ3v) is 5.28. The summed E-state index contributed by atoms with van der Waals surface area (Å²) in [6.45, 7) is 4.15. The zero-order chi connectivity index (χ0) is 22.0. The minimum atomic E-state index is -0.283. The first kappa shape index (κ1) is 20.3. The summed E-state index contributed by atoms with van der Waals surface area (Å²) in [6.07, 6.45) is 4.74. The van der Waals surface area contributed by atoms with Crippen molar-refractivity contribution in [3.63, 3.8) is 0 Å². The molecule has 0 radical (unpaired) electrons. The monoisotopic (exact) mass is 413 g/mol. The molecule has 0 aliphatic carbocycles. The Labute approximate surface area is 181 Å². The van der Waals surface area contributed by atoms with Crippen LogP contribution in [0.2, 0.25) is 0 Å². The number of rotatable bonds is 5. The number of ketones is 1. The highest BCUT2D eigenvalue weighted by Gasteiger charge is 2.33. The van der Waals surface area contributed by atoms with Crippen LogP contribution in [0, 0.1) is 0 Å². The molecule has 0 fully saturated rings. The number of methoxy groups -OCH3 is 1. The number of ether oxygens (including phenoxy) is 1. The van der Waals surface area contributed by atoms with Crippen LogP contribution in [0.3, 0.4) is 0 Å². The molecule has 1 amide bonds. The van der Waals surface area contributed by atoms with Gasteiger partial charge in [0.25, 0.3) is 5.91 Å². The van der Waals surface area contributed by atoms with Crippen molar-refractivity contribution in [3.05, 3.63) is 95.3 Å². The Balaban J connectivity index is 1.53. The average molecular weight is 413 g/mol. The molecule has 6 nitrogen and oxygen atoms in total. The first-order valence-corrected chi connectivity index (χ1v) is 9.92. The van der Waals surface area contributed by atoms with E-state index in [2.05, 4.69) is 29.5 Å². The molecule has 2 aromatic carbocycles. The zero-order valence-electron chi connectivity index (χ0n) is 17.6. The molecule has 3 aromatic rings. The van der Waals surface area contributed by atoms with Crippen LogP contribution in [0.15, 0.2) is 73.1 Å². The summed E-state index contributed by atoms with van der Waals surface area (Å²) in [5.41, 5.74) is 4.21. The lowest BCUT2D eigenvalue weighted by Gasteiger charge is -2.20. The first-order valence-electron chi connectivity index (χ1n) is 9.92. The topological polar surface area (TPSA) is 80.3 Å². The van der Waals surface area contributed by atoms with E-state index in [0.717, 1.165) is 22.6 Å². The van der Waals surface area contributed by atoms with Crippen LogP contribution in [0.5, 0.6) is 5.75 Å². The number of carbonyl (C=O) groups is 2. The number of amides is 1. The van der Waals surface area contributed by atoms with Gasteiger partial charge in [-0.15, -0.1) is 0 Å². The smallest absolute Gasteiger partial charge is 0.255 e. The van der Waals surface area contributed by atoms with E-state index >= 15 is 0 Å². The van der Waals surface area contributed by atoms with Crippen molar-refractivity contribution in [1.82, 2.24) is 10.3 Å². The van der Waals surface area contributed by atoms with Gasteiger partial charge in [0.2, 0.25) is 0 Å². The highest BCUT2D eigenvalue weighted by Crippen LogP contribution is 2.38. The lowest BCUT2D eigenvalue weighted by atomic mass is 9.94. The number of nitrogens with zero attached hydrogens (tertiary/aromatic N) is 1. The third-order valence-electron chi connectivity index (χ3n) is 5.28. The van der Waals surface area contributed by atoms with Crippen molar-refractivity contribution in [2.24, 2.45) is 0 Å². The van der Waals surface area contributed by atoms with Gasteiger partial charge in [-0.3, -0.25) is 14.6 Å². The second kappa shape index (κ2) is 8.07. The zero-order valence-corrected chi connectivity index (χ0v) is 17.6. The van der Waals surface area contributed by atoms with Gasteiger partial charge in [0.05, 0.1) is 12.6 Å². The fourth-order valence-corrected chi connectivity index (χ4v) is 3.64. The summed E-state index contributed by atoms with van der Waals surface area (Å²) in [7, 11) is 1.62. The second-order valence-electron chi connectivity index (χ2n) is 7.85. The fourth-order valence-electron chi connectivity index (χ4n) is 3.64. The van der Waals surface area contributed by atoms with Gasteiger partial charge in [-0.2, -0.15) is 0 Å². The fraction of sp³-hybridized carbons (Fsp3) is 0.160. The molecule has 1 aliphatic heterocycles. The Hall–Kier alpha value is -3.93. The Kier molecular flexibility index (Phi) is 5.29. The number of benzene rings is 2. The summed E-state index contributed by atoms with van der Waals surface area (Å²) in [4.78, 5) is 29.1. The standard InChI is InChI=1S/C25H23N3O3/c1-25(2)21-9-8-19(31-3)14-20(21)22(28-25)15-23(29)16-4-6-18(7-5-16)27-24(30)17-10-12-26-13-11-17/h4-15,28H,1-3H3,(H,27,30)/b22-15-. The van der Waals surface area contributed by atoms with Gasteiger partial charge in [0, 0.05) is 46.5 Å². The predicted molar refractivity (Wildman–Crippen MR) is 120 cm³/mol. The highest BCUT2D eigenvalue weighted by molar-refractivity contribution is 6.09. The number of carbonyl (C=O) groups excluding carboxylic acids is 2. The lowest BCUT2D eigenvalue weighted by molar-refractivity contribution is 0.102.